The highest BCUT2D eigenvalue weighted by Crippen LogP contribution is 2.21. The maximum absolute atomic E-state index is 13.2. The maximum atomic E-state index is 13.2. The molecule has 0 saturated carbocycles. The minimum absolute atomic E-state index is 0.0159. The van der Waals surface area contributed by atoms with Gasteiger partial charge in [0.15, 0.2) is 0 Å². The van der Waals surface area contributed by atoms with Gasteiger partial charge >= 0.3 is 0 Å². The van der Waals surface area contributed by atoms with Crippen molar-refractivity contribution in [1.82, 2.24) is 19.1 Å². The zero-order valence-corrected chi connectivity index (χ0v) is 21.5. The number of carbonyl (C=O) groups excluding carboxylic acids is 1. The van der Waals surface area contributed by atoms with Crippen LogP contribution in [-0.2, 0) is 28.2 Å². The molecular formula is C26H32N4O5S. The molecule has 36 heavy (non-hydrogen) atoms. The first-order chi connectivity index (χ1) is 17.3. The molecule has 1 aromatic heterocycles. The number of likely N-dealkylation sites (N-methyl/N-ethyl adjacent to an activating group) is 1. The van der Waals surface area contributed by atoms with Crippen molar-refractivity contribution in [2.45, 2.75) is 11.3 Å². The van der Waals surface area contributed by atoms with E-state index in [1.807, 2.05) is 25.2 Å². The number of aryl methyl sites for hydroxylation is 1. The third kappa shape index (κ3) is 5.84. The maximum Gasteiger partial charge on any atom is 0.256 e. The number of aromatic nitrogens is 1. The van der Waals surface area contributed by atoms with E-state index in [2.05, 4.69) is 22.3 Å². The lowest BCUT2D eigenvalue weighted by molar-refractivity contribution is 0.0730. The summed E-state index contributed by atoms with van der Waals surface area (Å²) in [5.74, 6) is -0.476. The lowest BCUT2D eigenvalue weighted by Gasteiger charge is -2.26. The number of carbonyl (C=O) groups is 1. The first-order valence-corrected chi connectivity index (χ1v) is 13.4. The van der Waals surface area contributed by atoms with Crippen molar-refractivity contribution in [2.75, 3.05) is 53.0 Å². The molecule has 10 heteroatoms. The number of hydrogen-bond donors (Lipinski definition) is 1. The smallest absolute Gasteiger partial charge is 0.256 e. The summed E-state index contributed by atoms with van der Waals surface area (Å²) in [4.78, 5) is 28.2. The van der Waals surface area contributed by atoms with Gasteiger partial charge in [-0.25, -0.2) is 8.42 Å². The predicted octanol–water partition coefficient (Wildman–Crippen LogP) is 1.46. The van der Waals surface area contributed by atoms with Crippen LogP contribution in [0.3, 0.4) is 0 Å². The Hall–Kier alpha value is -3.05. The number of sulfonamides is 1. The van der Waals surface area contributed by atoms with E-state index in [1.54, 1.807) is 17.7 Å². The summed E-state index contributed by atoms with van der Waals surface area (Å²) in [6.45, 7) is 3.06. The molecule has 0 atom stereocenters. The van der Waals surface area contributed by atoms with Crippen molar-refractivity contribution in [3.63, 3.8) is 0 Å². The SMILES string of the molecule is CN(CCNC(=O)c1cn(C)c2ccc(S(=O)(=O)N3CCOCC3)cc2c1=O)CCc1ccccc1. The summed E-state index contributed by atoms with van der Waals surface area (Å²) in [5, 5.41) is 3.02. The van der Waals surface area contributed by atoms with Gasteiger partial charge in [0, 0.05) is 51.4 Å². The van der Waals surface area contributed by atoms with Gasteiger partial charge in [0.1, 0.15) is 5.56 Å². The van der Waals surface area contributed by atoms with Gasteiger partial charge in [-0.1, -0.05) is 30.3 Å². The van der Waals surface area contributed by atoms with Crippen LogP contribution in [0, 0.1) is 0 Å². The first kappa shape index (κ1) is 26.0. The van der Waals surface area contributed by atoms with E-state index in [-0.39, 0.29) is 28.9 Å². The molecule has 0 radical (unpaired) electrons. The molecule has 0 unspecified atom stereocenters. The Morgan fingerprint density at radius 2 is 1.81 bits per heavy atom. The molecule has 0 aliphatic carbocycles. The Labute approximate surface area is 211 Å². The van der Waals surface area contributed by atoms with E-state index in [0.717, 1.165) is 13.0 Å². The number of fused-ring (bicyclic) bond motifs is 1. The largest absolute Gasteiger partial charge is 0.379 e. The fraction of sp³-hybridized carbons (Fsp3) is 0.385. The van der Waals surface area contributed by atoms with Gasteiger partial charge in [-0.2, -0.15) is 4.31 Å². The van der Waals surface area contributed by atoms with Gasteiger partial charge in [0.2, 0.25) is 15.5 Å². The van der Waals surface area contributed by atoms with E-state index in [4.69, 9.17) is 4.74 Å². The minimum atomic E-state index is -3.77. The van der Waals surface area contributed by atoms with Gasteiger partial charge < -0.3 is 19.5 Å². The number of ether oxygens (including phenoxy) is 1. The second-order valence-electron chi connectivity index (χ2n) is 8.97. The van der Waals surface area contributed by atoms with E-state index in [1.165, 1.54) is 28.2 Å². The summed E-state index contributed by atoms with van der Waals surface area (Å²) in [6, 6.07) is 14.7. The standard InChI is InChI=1S/C26H32N4O5S/c1-28(12-10-20-6-4-3-5-7-20)13-11-27-26(32)23-19-29(2)24-9-8-21(18-22(24)25(23)31)36(33,34)30-14-16-35-17-15-30/h3-9,18-19H,10-17H2,1-2H3,(H,27,32). The number of nitrogens with one attached hydrogen (secondary N) is 1. The molecule has 1 amide bonds. The zero-order valence-electron chi connectivity index (χ0n) is 20.6. The molecule has 9 nitrogen and oxygen atoms in total. The third-order valence-corrected chi connectivity index (χ3v) is 8.31. The number of nitrogens with zero attached hydrogens (tertiary/aromatic N) is 3. The molecular weight excluding hydrogens is 480 g/mol. The fourth-order valence-corrected chi connectivity index (χ4v) is 5.70. The molecule has 0 spiro atoms. The third-order valence-electron chi connectivity index (χ3n) is 6.42. The average Bonchev–Trinajstić information content (AvgIpc) is 2.90. The Kier molecular flexibility index (Phi) is 8.20. The van der Waals surface area contributed by atoms with Crippen molar-refractivity contribution < 1.29 is 17.9 Å². The van der Waals surface area contributed by atoms with Crippen LogP contribution >= 0.6 is 0 Å². The van der Waals surface area contributed by atoms with Crippen LogP contribution in [0.15, 0.2) is 64.4 Å². The highest BCUT2D eigenvalue weighted by molar-refractivity contribution is 7.89. The Morgan fingerprint density at radius 3 is 2.53 bits per heavy atom. The van der Waals surface area contributed by atoms with Crippen LogP contribution < -0.4 is 10.7 Å². The van der Waals surface area contributed by atoms with Crippen molar-refractivity contribution in [3.05, 3.63) is 76.1 Å². The number of morpholine rings is 1. The minimum Gasteiger partial charge on any atom is -0.379 e. The van der Waals surface area contributed by atoms with Crippen molar-refractivity contribution in [2.24, 2.45) is 7.05 Å². The quantitative estimate of drug-likeness (QED) is 0.466. The Balaban J connectivity index is 1.46. The van der Waals surface area contributed by atoms with Gasteiger partial charge in [-0.05, 0) is 37.2 Å². The van der Waals surface area contributed by atoms with Crippen molar-refractivity contribution >= 4 is 26.8 Å². The van der Waals surface area contributed by atoms with Crippen molar-refractivity contribution in [1.29, 1.82) is 0 Å². The molecule has 0 bridgehead atoms. The first-order valence-electron chi connectivity index (χ1n) is 12.0. The van der Waals surface area contributed by atoms with Crippen LogP contribution in [0.2, 0.25) is 0 Å². The molecule has 1 saturated heterocycles. The topological polar surface area (TPSA) is 101 Å². The van der Waals surface area contributed by atoms with E-state index >= 15 is 0 Å². The number of amides is 1. The Bertz CT molecular complexity index is 1380. The van der Waals surface area contributed by atoms with Crippen LogP contribution in [0.25, 0.3) is 10.9 Å². The monoisotopic (exact) mass is 512 g/mol. The summed E-state index contributed by atoms with van der Waals surface area (Å²) < 4.78 is 34.4. The lowest BCUT2D eigenvalue weighted by Crippen LogP contribution is -2.40. The number of rotatable bonds is 9. The molecule has 1 aliphatic heterocycles. The zero-order chi connectivity index (χ0) is 25.7. The molecule has 1 N–H and O–H groups in total. The average molecular weight is 513 g/mol. The van der Waals surface area contributed by atoms with Gasteiger partial charge in [0.25, 0.3) is 5.91 Å². The number of pyridine rings is 1. The highest BCUT2D eigenvalue weighted by Gasteiger charge is 2.27. The van der Waals surface area contributed by atoms with E-state index in [0.29, 0.717) is 31.8 Å². The van der Waals surface area contributed by atoms with Gasteiger partial charge in [-0.15, -0.1) is 0 Å². The number of hydrogen-bond acceptors (Lipinski definition) is 6. The van der Waals surface area contributed by atoms with Gasteiger partial charge in [-0.3, -0.25) is 9.59 Å². The van der Waals surface area contributed by atoms with Crippen molar-refractivity contribution in [3.8, 4) is 0 Å². The second kappa shape index (κ2) is 11.3. The second-order valence-corrected chi connectivity index (χ2v) is 10.9. The molecule has 2 heterocycles. The Morgan fingerprint density at radius 1 is 1.08 bits per heavy atom. The van der Waals surface area contributed by atoms with Crippen LogP contribution in [-0.4, -0.2) is 81.1 Å². The molecule has 2 aromatic carbocycles. The van der Waals surface area contributed by atoms with E-state index < -0.39 is 21.4 Å². The molecule has 1 aliphatic rings. The fourth-order valence-electron chi connectivity index (χ4n) is 4.26. The van der Waals surface area contributed by atoms with Gasteiger partial charge in [0.05, 0.1) is 23.6 Å². The van der Waals surface area contributed by atoms with Crippen LogP contribution in [0.1, 0.15) is 15.9 Å². The number of benzene rings is 2. The highest BCUT2D eigenvalue weighted by atomic mass is 32.2. The molecule has 1 fully saturated rings. The molecule has 4 rings (SSSR count). The van der Waals surface area contributed by atoms with Crippen LogP contribution in [0.5, 0.6) is 0 Å². The summed E-state index contributed by atoms with van der Waals surface area (Å²) >= 11 is 0. The molecule has 192 valence electrons. The lowest BCUT2D eigenvalue weighted by atomic mass is 10.1. The predicted molar refractivity (Wildman–Crippen MR) is 139 cm³/mol. The summed E-state index contributed by atoms with van der Waals surface area (Å²) in [6.07, 6.45) is 2.40. The van der Waals surface area contributed by atoms with E-state index in [9.17, 15) is 18.0 Å². The molecule has 3 aromatic rings. The van der Waals surface area contributed by atoms with Crippen LogP contribution in [0.4, 0.5) is 0 Å². The summed E-state index contributed by atoms with van der Waals surface area (Å²) in [7, 11) is -0.0515. The summed E-state index contributed by atoms with van der Waals surface area (Å²) in [5.41, 5.74) is 1.30. The normalized spacial score (nSPS) is 14.9.